The SMILES string of the molecule is O=C(O)c1cccc2oc(CC3CCCCC3)nc12. The number of oxazole rings is 1. The minimum absolute atomic E-state index is 0.219. The van der Waals surface area contributed by atoms with E-state index in [4.69, 9.17) is 9.52 Å². The quantitative estimate of drug-likeness (QED) is 0.913. The third-order valence-corrected chi connectivity index (χ3v) is 3.88. The first-order chi connectivity index (χ1) is 9.24. The van der Waals surface area contributed by atoms with Crippen LogP contribution in [0.15, 0.2) is 22.6 Å². The number of hydrogen-bond acceptors (Lipinski definition) is 3. The molecule has 0 aliphatic heterocycles. The minimum atomic E-state index is -0.955. The number of carbonyl (C=O) groups is 1. The highest BCUT2D eigenvalue weighted by atomic mass is 16.4. The van der Waals surface area contributed by atoms with Gasteiger partial charge in [0.25, 0.3) is 0 Å². The van der Waals surface area contributed by atoms with Gasteiger partial charge in [0.05, 0.1) is 5.56 Å². The van der Waals surface area contributed by atoms with Crippen LogP contribution in [0.4, 0.5) is 0 Å². The second-order valence-electron chi connectivity index (χ2n) is 5.27. The first kappa shape index (κ1) is 12.2. The molecule has 0 amide bonds. The van der Waals surface area contributed by atoms with Crippen LogP contribution in [0.1, 0.15) is 48.4 Å². The van der Waals surface area contributed by atoms with Crippen molar-refractivity contribution in [2.75, 3.05) is 0 Å². The Morgan fingerprint density at radius 3 is 2.84 bits per heavy atom. The average molecular weight is 259 g/mol. The van der Waals surface area contributed by atoms with Gasteiger partial charge < -0.3 is 9.52 Å². The van der Waals surface area contributed by atoms with Crippen LogP contribution >= 0.6 is 0 Å². The van der Waals surface area contributed by atoms with Crippen molar-refractivity contribution in [3.05, 3.63) is 29.7 Å². The zero-order chi connectivity index (χ0) is 13.2. The number of carboxylic acids is 1. The molecule has 0 radical (unpaired) electrons. The van der Waals surface area contributed by atoms with E-state index in [1.807, 2.05) is 0 Å². The van der Waals surface area contributed by atoms with E-state index >= 15 is 0 Å². The van der Waals surface area contributed by atoms with Crippen LogP contribution in [-0.4, -0.2) is 16.1 Å². The second kappa shape index (κ2) is 5.03. The van der Waals surface area contributed by atoms with Crippen molar-refractivity contribution in [2.24, 2.45) is 5.92 Å². The van der Waals surface area contributed by atoms with Gasteiger partial charge in [0.2, 0.25) is 0 Å². The van der Waals surface area contributed by atoms with Crippen molar-refractivity contribution < 1.29 is 14.3 Å². The summed E-state index contributed by atoms with van der Waals surface area (Å²) in [5, 5.41) is 9.13. The van der Waals surface area contributed by atoms with Crippen LogP contribution in [-0.2, 0) is 6.42 Å². The molecule has 2 aromatic rings. The Morgan fingerprint density at radius 2 is 2.11 bits per heavy atom. The number of para-hydroxylation sites is 1. The predicted molar refractivity (Wildman–Crippen MR) is 71.2 cm³/mol. The zero-order valence-electron chi connectivity index (χ0n) is 10.8. The molecule has 0 atom stereocenters. The van der Waals surface area contributed by atoms with Crippen LogP contribution in [0, 0.1) is 5.92 Å². The fraction of sp³-hybridized carbons (Fsp3) is 0.467. The summed E-state index contributed by atoms with van der Waals surface area (Å²) >= 11 is 0. The van der Waals surface area contributed by atoms with Gasteiger partial charge in [0.1, 0.15) is 5.52 Å². The third-order valence-electron chi connectivity index (χ3n) is 3.88. The fourth-order valence-corrected chi connectivity index (χ4v) is 2.89. The summed E-state index contributed by atoms with van der Waals surface area (Å²) in [4.78, 5) is 15.5. The number of aromatic carboxylic acids is 1. The Labute approximate surface area is 111 Å². The lowest BCUT2D eigenvalue weighted by Crippen LogP contribution is -2.09. The van der Waals surface area contributed by atoms with Gasteiger partial charge in [-0.05, 0) is 30.9 Å². The number of rotatable bonds is 3. The van der Waals surface area contributed by atoms with Crippen molar-refractivity contribution >= 4 is 17.1 Å². The Bertz CT molecular complexity index is 596. The molecule has 0 saturated heterocycles. The minimum Gasteiger partial charge on any atom is -0.478 e. The Hall–Kier alpha value is -1.84. The zero-order valence-corrected chi connectivity index (χ0v) is 10.8. The van der Waals surface area contributed by atoms with E-state index in [0.29, 0.717) is 22.9 Å². The molecule has 1 N–H and O–H groups in total. The van der Waals surface area contributed by atoms with E-state index in [2.05, 4.69) is 4.98 Å². The maximum atomic E-state index is 11.1. The van der Waals surface area contributed by atoms with E-state index < -0.39 is 5.97 Å². The van der Waals surface area contributed by atoms with Gasteiger partial charge in [-0.15, -0.1) is 0 Å². The molecule has 1 heterocycles. The topological polar surface area (TPSA) is 63.3 Å². The lowest BCUT2D eigenvalue weighted by Gasteiger charge is -2.19. The van der Waals surface area contributed by atoms with Crippen LogP contribution in [0.3, 0.4) is 0 Å². The molecule has 0 bridgehead atoms. The number of aromatic nitrogens is 1. The Morgan fingerprint density at radius 1 is 1.32 bits per heavy atom. The standard InChI is InChI=1S/C15H17NO3/c17-15(18)11-7-4-8-12-14(11)16-13(19-12)9-10-5-2-1-3-6-10/h4,7-8,10H,1-3,5-6,9H2,(H,17,18). The van der Waals surface area contributed by atoms with E-state index in [1.54, 1.807) is 18.2 Å². The summed E-state index contributed by atoms with van der Waals surface area (Å²) in [6.45, 7) is 0. The molecule has 100 valence electrons. The van der Waals surface area contributed by atoms with Gasteiger partial charge in [0.15, 0.2) is 11.5 Å². The molecule has 1 aliphatic rings. The summed E-state index contributed by atoms with van der Waals surface area (Å²) < 4.78 is 5.69. The summed E-state index contributed by atoms with van der Waals surface area (Å²) in [7, 11) is 0. The van der Waals surface area contributed by atoms with Crippen molar-refractivity contribution in [1.29, 1.82) is 0 Å². The van der Waals surface area contributed by atoms with Crippen molar-refractivity contribution in [3.8, 4) is 0 Å². The predicted octanol–water partition coefficient (Wildman–Crippen LogP) is 3.65. The van der Waals surface area contributed by atoms with Crippen molar-refractivity contribution in [1.82, 2.24) is 4.98 Å². The highest BCUT2D eigenvalue weighted by Crippen LogP contribution is 2.28. The molecule has 19 heavy (non-hydrogen) atoms. The van der Waals surface area contributed by atoms with Gasteiger partial charge in [0, 0.05) is 6.42 Å². The molecule has 4 nitrogen and oxygen atoms in total. The Kier molecular flexibility index (Phi) is 3.23. The molecule has 3 rings (SSSR count). The summed E-state index contributed by atoms with van der Waals surface area (Å²) in [5.41, 5.74) is 1.27. The fourth-order valence-electron chi connectivity index (χ4n) is 2.89. The van der Waals surface area contributed by atoms with Crippen LogP contribution in [0.25, 0.3) is 11.1 Å². The molecule has 1 fully saturated rings. The van der Waals surface area contributed by atoms with E-state index in [0.717, 1.165) is 6.42 Å². The molecular weight excluding hydrogens is 242 g/mol. The average Bonchev–Trinajstić information content (AvgIpc) is 2.81. The third kappa shape index (κ3) is 2.48. The molecule has 0 spiro atoms. The normalized spacial score (nSPS) is 16.8. The number of benzene rings is 1. The lowest BCUT2D eigenvalue weighted by molar-refractivity contribution is 0.0699. The molecule has 0 unspecified atom stereocenters. The van der Waals surface area contributed by atoms with E-state index in [1.165, 1.54) is 32.1 Å². The smallest absolute Gasteiger partial charge is 0.338 e. The molecule has 1 aromatic carbocycles. The lowest BCUT2D eigenvalue weighted by atomic mass is 9.87. The van der Waals surface area contributed by atoms with Gasteiger partial charge in [-0.2, -0.15) is 0 Å². The highest BCUT2D eigenvalue weighted by Gasteiger charge is 2.19. The largest absolute Gasteiger partial charge is 0.478 e. The summed E-state index contributed by atoms with van der Waals surface area (Å²) in [6.07, 6.45) is 7.17. The summed E-state index contributed by atoms with van der Waals surface area (Å²) in [6, 6.07) is 5.04. The van der Waals surface area contributed by atoms with Crippen molar-refractivity contribution in [3.63, 3.8) is 0 Å². The maximum absolute atomic E-state index is 11.1. The number of carboxylic acid groups (broad SMARTS) is 1. The Balaban J connectivity index is 1.88. The van der Waals surface area contributed by atoms with Gasteiger partial charge in [-0.3, -0.25) is 0 Å². The number of nitrogens with zero attached hydrogens (tertiary/aromatic N) is 1. The molecule has 1 aromatic heterocycles. The first-order valence-electron chi connectivity index (χ1n) is 6.86. The van der Waals surface area contributed by atoms with Crippen molar-refractivity contribution in [2.45, 2.75) is 38.5 Å². The van der Waals surface area contributed by atoms with Gasteiger partial charge in [-0.1, -0.05) is 25.3 Å². The molecule has 1 saturated carbocycles. The van der Waals surface area contributed by atoms with E-state index in [9.17, 15) is 4.79 Å². The number of hydrogen-bond donors (Lipinski definition) is 1. The molecule has 1 aliphatic carbocycles. The van der Waals surface area contributed by atoms with Gasteiger partial charge >= 0.3 is 5.97 Å². The van der Waals surface area contributed by atoms with Gasteiger partial charge in [-0.25, -0.2) is 9.78 Å². The maximum Gasteiger partial charge on any atom is 0.338 e. The molecular formula is C15H17NO3. The monoisotopic (exact) mass is 259 g/mol. The summed E-state index contributed by atoms with van der Waals surface area (Å²) in [5.74, 6) is 0.355. The van der Waals surface area contributed by atoms with Crippen LogP contribution in [0.2, 0.25) is 0 Å². The molecule has 4 heteroatoms. The van der Waals surface area contributed by atoms with Crippen LogP contribution < -0.4 is 0 Å². The highest BCUT2D eigenvalue weighted by molar-refractivity contribution is 6.00. The first-order valence-corrected chi connectivity index (χ1v) is 6.86. The van der Waals surface area contributed by atoms with Crippen LogP contribution in [0.5, 0.6) is 0 Å². The van der Waals surface area contributed by atoms with E-state index in [-0.39, 0.29) is 5.56 Å². The number of fused-ring (bicyclic) bond motifs is 1. The second-order valence-corrected chi connectivity index (χ2v) is 5.27.